The number of methoxy groups -OCH3 is 1. The second-order valence-electron chi connectivity index (χ2n) is 12.7. The molecule has 214 valence electrons. The molecule has 0 spiro atoms. The highest BCUT2D eigenvalue weighted by atomic mass is 79.9. The molecule has 42 heavy (non-hydrogen) atoms. The smallest absolute Gasteiger partial charge is 0.164 e. The summed E-state index contributed by atoms with van der Waals surface area (Å²) in [5.41, 5.74) is 10.5. The molecule has 3 aromatic heterocycles. The van der Waals surface area contributed by atoms with Crippen molar-refractivity contribution in [3.63, 3.8) is 0 Å². The first-order valence-electron chi connectivity index (χ1n) is 14.2. The van der Waals surface area contributed by atoms with Gasteiger partial charge in [-0.05, 0) is 70.5 Å². The van der Waals surface area contributed by atoms with Gasteiger partial charge in [0.05, 0.1) is 29.4 Å². The number of halogens is 1. The second-order valence-corrected chi connectivity index (χ2v) is 13.6. The van der Waals surface area contributed by atoms with Crippen molar-refractivity contribution in [2.75, 3.05) is 26.1 Å². The summed E-state index contributed by atoms with van der Waals surface area (Å²) in [5.74, 6) is 7.55. The number of nitrogens with zero attached hydrogens (tertiary/aromatic N) is 3. The van der Waals surface area contributed by atoms with Crippen molar-refractivity contribution in [2.45, 2.75) is 51.4 Å². The average molecular weight is 623 g/mol. The van der Waals surface area contributed by atoms with Crippen molar-refractivity contribution in [2.24, 2.45) is 0 Å². The highest BCUT2D eigenvalue weighted by Crippen LogP contribution is 2.38. The Morgan fingerprint density at radius 1 is 0.833 bits per heavy atom. The van der Waals surface area contributed by atoms with E-state index in [-0.39, 0.29) is 10.8 Å². The van der Waals surface area contributed by atoms with Crippen LogP contribution in [0.1, 0.15) is 61.6 Å². The lowest BCUT2D eigenvalue weighted by atomic mass is 9.87. The molecule has 2 N–H and O–H groups in total. The summed E-state index contributed by atoms with van der Waals surface area (Å²) in [4.78, 5) is 19.5. The maximum absolute atomic E-state index is 5.96. The molecule has 2 aliphatic heterocycles. The van der Waals surface area contributed by atoms with Crippen LogP contribution in [0.5, 0.6) is 5.75 Å². The number of rotatable bonds is 2. The average Bonchev–Trinajstić information content (AvgIpc) is 3.63. The number of anilines is 1. The third kappa shape index (κ3) is 5.32. The molecule has 1 aromatic carbocycles. The van der Waals surface area contributed by atoms with E-state index in [0.717, 1.165) is 84.7 Å². The molecule has 5 heterocycles. The van der Waals surface area contributed by atoms with Crippen LogP contribution < -0.4 is 9.64 Å². The van der Waals surface area contributed by atoms with E-state index in [2.05, 4.69) is 125 Å². The van der Waals surface area contributed by atoms with E-state index in [9.17, 15) is 0 Å². The van der Waals surface area contributed by atoms with Gasteiger partial charge in [0.2, 0.25) is 0 Å². The predicted octanol–water partition coefficient (Wildman–Crippen LogP) is 7.59. The Bertz CT molecular complexity index is 1920. The summed E-state index contributed by atoms with van der Waals surface area (Å²) in [7, 11) is 5.79. The van der Waals surface area contributed by atoms with E-state index in [1.165, 1.54) is 0 Å². The van der Waals surface area contributed by atoms with E-state index < -0.39 is 0 Å². The summed E-state index contributed by atoms with van der Waals surface area (Å²) >= 11 is 3.75. The van der Waals surface area contributed by atoms with E-state index in [0.29, 0.717) is 0 Å². The van der Waals surface area contributed by atoms with Crippen LogP contribution >= 0.6 is 15.9 Å². The van der Waals surface area contributed by atoms with Crippen LogP contribution in [0.2, 0.25) is 0 Å². The van der Waals surface area contributed by atoms with Crippen LogP contribution in [-0.2, 0) is 23.7 Å². The summed E-state index contributed by atoms with van der Waals surface area (Å²) in [6, 6.07) is 18.9. The second kappa shape index (κ2) is 10.4. The Kier molecular flexibility index (Phi) is 6.93. The molecular weight excluding hydrogens is 586 g/mol. The minimum absolute atomic E-state index is 0.115. The molecule has 0 unspecified atom stereocenters. The van der Waals surface area contributed by atoms with Crippen molar-refractivity contribution in [1.82, 2.24) is 19.9 Å². The molecule has 7 heteroatoms. The fourth-order valence-corrected chi connectivity index (χ4v) is 6.22. The Balaban J connectivity index is 1.63. The first-order chi connectivity index (χ1) is 19.9. The lowest BCUT2D eigenvalue weighted by molar-refractivity contribution is 0.409. The Morgan fingerprint density at radius 2 is 1.50 bits per heavy atom. The number of aromatic amines is 2. The molecule has 0 aliphatic carbocycles. The van der Waals surface area contributed by atoms with Crippen LogP contribution in [0.25, 0.3) is 22.1 Å². The number of benzene rings is 1. The first-order valence-corrected chi connectivity index (χ1v) is 15.0. The number of H-pyrrole nitrogens is 2. The number of hydrogen-bond acceptors (Lipinski definition) is 4. The summed E-state index contributed by atoms with van der Waals surface area (Å²) in [6.07, 6.45) is 1.59. The fourth-order valence-electron chi connectivity index (χ4n) is 5.69. The SMILES string of the molecule is COc1c2nc(cc3cc(C#Cc4ccc(N(C)C)cc4)c(cc4nc(cc5cc(Br)c1[nH]5)C(C)(C)C4)[nH]3)C(C)(C)C2. The number of hydrogen-bond donors (Lipinski definition) is 2. The van der Waals surface area contributed by atoms with Crippen LogP contribution in [0.4, 0.5) is 5.69 Å². The third-order valence-electron chi connectivity index (χ3n) is 8.11. The first kappa shape index (κ1) is 28.1. The lowest BCUT2D eigenvalue weighted by Crippen LogP contribution is -2.15. The van der Waals surface area contributed by atoms with Gasteiger partial charge in [-0.25, -0.2) is 0 Å². The molecule has 0 atom stereocenters. The van der Waals surface area contributed by atoms with Crippen molar-refractivity contribution >= 4 is 43.7 Å². The van der Waals surface area contributed by atoms with E-state index in [4.69, 9.17) is 14.7 Å². The Hall–Kier alpha value is -4.02. The molecule has 0 amide bonds. The van der Waals surface area contributed by atoms with E-state index in [1.807, 2.05) is 14.1 Å². The largest absolute Gasteiger partial charge is 0.493 e. The molecule has 4 aromatic rings. The minimum atomic E-state index is -0.168. The topological polar surface area (TPSA) is 69.8 Å². The molecule has 0 saturated carbocycles. The number of ether oxygens (including phenoxy) is 1. The molecule has 0 saturated heterocycles. The summed E-state index contributed by atoms with van der Waals surface area (Å²) in [5, 5.41) is 0. The lowest BCUT2D eigenvalue weighted by Gasteiger charge is -2.16. The van der Waals surface area contributed by atoms with Gasteiger partial charge in [-0.2, -0.15) is 0 Å². The maximum Gasteiger partial charge on any atom is 0.164 e. The zero-order valence-corrected chi connectivity index (χ0v) is 26.8. The van der Waals surface area contributed by atoms with Gasteiger partial charge < -0.3 is 19.6 Å². The maximum atomic E-state index is 5.96. The summed E-state index contributed by atoms with van der Waals surface area (Å²) in [6.45, 7) is 8.92. The Morgan fingerprint density at radius 3 is 2.19 bits per heavy atom. The van der Waals surface area contributed by atoms with E-state index in [1.54, 1.807) is 7.11 Å². The molecule has 0 fully saturated rings. The summed E-state index contributed by atoms with van der Waals surface area (Å²) < 4.78 is 6.90. The van der Waals surface area contributed by atoms with Gasteiger partial charge in [0.1, 0.15) is 0 Å². The fraction of sp³-hybridized carbons (Fsp3) is 0.314. The highest BCUT2D eigenvalue weighted by molar-refractivity contribution is 9.10. The van der Waals surface area contributed by atoms with Crippen molar-refractivity contribution < 1.29 is 4.74 Å². The van der Waals surface area contributed by atoms with Gasteiger partial charge in [-0.3, -0.25) is 9.97 Å². The normalized spacial score (nSPS) is 15.1. The van der Waals surface area contributed by atoms with Crippen molar-refractivity contribution in [3.8, 4) is 17.6 Å². The number of aromatic nitrogens is 4. The molecule has 6 rings (SSSR count). The van der Waals surface area contributed by atoms with Gasteiger partial charge in [-0.15, -0.1) is 0 Å². The van der Waals surface area contributed by atoms with Gasteiger partial charge in [0.15, 0.2) is 5.75 Å². The highest BCUT2D eigenvalue weighted by Gasteiger charge is 2.32. The standard InChI is InChI=1S/C35H36BrN5O/c1-34(2)19-25-16-28-22(11-8-21-9-12-26(13-10-21)41(5)6)14-23(37-28)17-31-35(3,4)20-29(40-31)33(42-7)32-27(36)15-24(39-32)18-30(34)38-25/h9-10,12-18,37,39H,19-20H2,1-7H3. The minimum Gasteiger partial charge on any atom is -0.493 e. The van der Waals surface area contributed by atoms with Crippen LogP contribution in [0.3, 0.4) is 0 Å². The van der Waals surface area contributed by atoms with Crippen LogP contribution in [-0.4, -0.2) is 41.1 Å². The molecule has 2 aliphatic rings. The van der Waals surface area contributed by atoms with Crippen molar-refractivity contribution in [3.05, 3.63) is 93.0 Å². The van der Waals surface area contributed by atoms with Gasteiger partial charge >= 0.3 is 0 Å². The van der Waals surface area contributed by atoms with Gasteiger partial charge in [0, 0.05) is 81.6 Å². The zero-order valence-electron chi connectivity index (χ0n) is 25.2. The van der Waals surface area contributed by atoms with E-state index >= 15 is 0 Å². The molecule has 6 nitrogen and oxygen atoms in total. The van der Waals surface area contributed by atoms with Crippen molar-refractivity contribution in [1.29, 1.82) is 0 Å². The molecule has 8 bridgehead atoms. The monoisotopic (exact) mass is 621 g/mol. The van der Waals surface area contributed by atoms with Crippen LogP contribution in [0.15, 0.2) is 59.1 Å². The predicted molar refractivity (Wildman–Crippen MR) is 175 cm³/mol. The zero-order chi connectivity index (χ0) is 29.8. The van der Waals surface area contributed by atoms with Crippen LogP contribution in [0, 0.1) is 11.8 Å². The third-order valence-corrected chi connectivity index (χ3v) is 8.74. The quantitative estimate of drug-likeness (QED) is 0.226. The molecular formula is C35H36BrN5O. The van der Waals surface area contributed by atoms with Gasteiger partial charge in [-0.1, -0.05) is 39.5 Å². The molecule has 0 radical (unpaired) electrons. The number of nitrogens with one attached hydrogen (secondary N) is 2. The Labute approximate surface area is 255 Å². The number of fused-ring (bicyclic) bond motifs is 8. The van der Waals surface area contributed by atoms with Gasteiger partial charge in [0.25, 0.3) is 0 Å².